The molecule has 1 heterocycles. The second-order valence-corrected chi connectivity index (χ2v) is 2.62. The second kappa shape index (κ2) is 4.09. The zero-order valence-electron chi connectivity index (χ0n) is 7.37. The number of nitrogens with zero attached hydrogens (tertiary/aromatic N) is 1. The van der Waals surface area contributed by atoms with Crippen molar-refractivity contribution in [3.05, 3.63) is 0 Å². The van der Waals surface area contributed by atoms with E-state index in [9.17, 15) is 4.79 Å². The molecule has 68 valence electrons. The summed E-state index contributed by atoms with van der Waals surface area (Å²) in [5, 5.41) is 0. The first-order valence-electron chi connectivity index (χ1n) is 4.05. The van der Waals surface area contributed by atoms with Gasteiger partial charge in [-0.1, -0.05) is 6.92 Å². The van der Waals surface area contributed by atoms with Gasteiger partial charge in [-0.15, -0.1) is 0 Å². The molecule has 0 spiro atoms. The van der Waals surface area contributed by atoms with Crippen LogP contribution in [-0.2, 0) is 14.3 Å². The van der Waals surface area contributed by atoms with Crippen LogP contribution in [0.5, 0.6) is 0 Å². The number of rotatable bonds is 3. The van der Waals surface area contributed by atoms with Crippen LogP contribution in [0.1, 0.15) is 19.8 Å². The van der Waals surface area contributed by atoms with Crippen LogP contribution >= 0.6 is 0 Å². The van der Waals surface area contributed by atoms with E-state index in [4.69, 9.17) is 4.74 Å². The lowest BCUT2D eigenvalue weighted by atomic mass is 10.3. The summed E-state index contributed by atoms with van der Waals surface area (Å²) in [4.78, 5) is 15.0. The average molecular weight is 171 g/mol. The first-order valence-corrected chi connectivity index (χ1v) is 4.05. The Morgan fingerprint density at radius 2 is 2.58 bits per heavy atom. The fourth-order valence-electron chi connectivity index (χ4n) is 1.03. The molecule has 1 rings (SSSR count). The van der Waals surface area contributed by atoms with Gasteiger partial charge in [0.2, 0.25) is 0 Å². The smallest absolute Gasteiger partial charge is 0.334 e. The Labute approximate surface area is 71.6 Å². The monoisotopic (exact) mass is 171 g/mol. The summed E-state index contributed by atoms with van der Waals surface area (Å²) >= 11 is 0. The van der Waals surface area contributed by atoms with Gasteiger partial charge in [-0.2, -0.15) is 0 Å². The van der Waals surface area contributed by atoms with Crippen LogP contribution in [0.25, 0.3) is 0 Å². The maximum Gasteiger partial charge on any atom is 0.334 e. The summed E-state index contributed by atoms with van der Waals surface area (Å²) in [7, 11) is 1.36. The van der Waals surface area contributed by atoms with Gasteiger partial charge in [0.1, 0.15) is 6.61 Å². The third-order valence-corrected chi connectivity index (χ3v) is 1.64. The van der Waals surface area contributed by atoms with Crippen molar-refractivity contribution < 1.29 is 14.3 Å². The molecule has 1 aliphatic rings. The third-order valence-electron chi connectivity index (χ3n) is 1.64. The topological polar surface area (TPSA) is 47.9 Å². The van der Waals surface area contributed by atoms with Crippen LogP contribution in [0, 0.1) is 0 Å². The molecule has 12 heavy (non-hydrogen) atoms. The number of hydrogen-bond acceptors (Lipinski definition) is 4. The SMILES string of the molecule is CCCC1=N[C@H](C(=O)OC)CO1. The van der Waals surface area contributed by atoms with Gasteiger partial charge >= 0.3 is 5.97 Å². The number of methoxy groups -OCH3 is 1. The highest BCUT2D eigenvalue weighted by atomic mass is 16.5. The molecule has 0 aromatic carbocycles. The summed E-state index contributed by atoms with van der Waals surface area (Å²) < 4.78 is 9.71. The van der Waals surface area contributed by atoms with E-state index in [1.165, 1.54) is 7.11 Å². The molecular weight excluding hydrogens is 158 g/mol. The molecule has 4 heteroatoms. The lowest BCUT2D eigenvalue weighted by Gasteiger charge is -2.00. The summed E-state index contributed by atoms with van der Waals surface area (Å²) in [6.45, 7) is 2.37. The molecule has 0 bridgehead atoms. The minimum atomic E-state index is -0.434. The molecule has 1 atom stereocenters. The Morgan fingerprint density at radius 1 is 1.83 bits per heavy atom. The van der Waals surface area contributed by atoms with Crippen LogP contribution in [-0.4, -0.2) is 31.6 Å². The molecule has 0 radical (unpaired) electrons. The van der Waals surface area contributed by atoms with Gasteiger partial charge in [-0.25, -0.2) is 9.79 Å². The van der Waals surface area contributed by atoms with Crippen molar-refractivity contribution >= 4 is 11.9 Å². The van der Waals surface area contributed by atoms with Gasteiger partial charge in [0.15, 0.2) is 11.9 Å². The molecule has 0 unspecified atom stereocenters. The molecule has 0 aliphatic carbocycles. The average Bonchev–Trinajstić information content (AvgIpc) is 2.52. The van der Waals surface area contributed by atoms with Crippen molar-refractivity contribution in [3.63, 3.8) is 0 Å². The zero-order valence-corrected chi connectivity index (χ0v) is 7.37. The quantitative estimate of drug-likeness (QED) is 0.589. The first-order chi connectivity index (χ1) is 5.77. The van der Waals surface area contributed by atoms with E-state index in [0.29, 0.717) is 12.5 Å². The molecule has 0 fully saturated rings. The Balaban J connectivity index is 2.46. The van der Waals surface area contributed by atoms with E-state index in [1.54, 1.807) is 0 Å². The highest BCUT2D eigenvalue weighted by molar-refractivity contribution is 5.85. The molecule has 4 nitrogen and oxygen atoms in total. The highest BCUT2D eigenvalue weighted by Crippen LogP contribution is 2.09. The van der Waals surface area contributed by atoms with Crippen LogP contribution in [0.15, 0.2) is 4.99 Å². The molecule has 0 amide bonds. The predicted molar refractivity (Wildman–Crippen MR) is 44.1 cm³/mol. The van der Waals surface area contributed by atoms with Gasteiger partial charge in [-0.3, -0.25) is 0 Å². The number of aliphatic imine (C=N–C) groups is 1. The van der Waals surface area contributed by atoms with Crippen LogP contribution in [0.2, 0.25) is 0 Å². The zero-order chi connectivity index (χ0) is 8.97. The Kier molecular flexibility index (Phi) is 3.08. The highest BCUT2D eigenvalue weighted by Gasteiger charge is 2.25. The summed E-state index contributed by atoms with van der Waals surface area (Å²) in [5.74, 6) is 0.356. The van der Waals surface area contributed by atoms with Gasteiger partial charge < -0.3 is 9.47 Å². The third kappa shape index (κ3) is 1.96. The molecule has 1 aliphatic heterocycles. The molecule has 0 aromatic heterocycles. The van der Waals surface area contributed by atoms with E-state index < -0.39 is 6.04 Å². The first kappa shape index (κ1) is 9.03. The molecule has 0 saturated carbocycles. The van der Waals surface area contributed by atoms with Crippen molar-refractivity contribution in [1.29, 1.82) is 0 Å². The summed E-state index contributed by atoms with van der Waals surface area (Å²) in [6, 6.07) is -0.434. The number of carbonyl (C=O) groups excluding carboxylic acids is 1. The fourth-order valence-corrected chi connectivity index (χ4v) is 1.03. The van der Waals surface area contributed by atoms with E-state index in [-0.39, 0.29) is 5.97 Å². The maximum absolute atomic E-state index is 11.0. The largest absolute Gasteiger partial charge is 0.478 e. The van der Waals surface area contributed by atoms with Gasteiger partial charge in [-0.05, 0) is 6.42 Å². The minimum absolute atomic E-state index is 0.318. The molecule has 0 aromatic rings. The van der Waals surface area contributed by atoms with Crippen molar-refractivity contribution in [2.75, 3.05) is 13.7 Å². The van der Waals surface area contributed by atoms with Crippen LogP contribution < -0.4 is 0 Å². The van der Waals surface area contributed by atoms with E-state index in [0.717, 1.165) is 12.8 Å². The van der Waals surface area contributed by atoms with E-state index >= 15 is 0 Å². The number of carbonyl (C=O) groups is 1. The number of ether oxygens (including phenoxy) is 2. The molecular formula is C8H13NO3. The number of esters is 1. The minimum Gasteiger partial charge on any atom is -0.478 e. The van der Waals surface area contributed by atoms with E-state index in [2.05, 4.69) is 9.73 Å². The van der Waals surface area contributed by atoms with Crippen molar-refractivity contribution in [2.45, 2.75) is 25.8 Å². The second-order valence-electron chi connectivity index (χ2n) is 2.62. The van der Waals surface area contributed by atoms with Gasteiger partial charge in [0.25, 0.3) is 0 Å². The molecule has 0 N–H and O–H groups in total. The Morgan fingerprint density at radius 3 is 3.17 bits per heavy atom. The van der Waals surface area contributed by atoms with E-state index in [1.807, 2.05) is 6.92 Å². The molecule has 0 saturated heterocycles. The Bertz CT molecular complexity index is 200. The van der Waals surface area contributed by atoms with Crippen molar-refractivity contribution in [1.82, 2.24) is 0 Å². The van der Waals surface area contributed by atoms with Crippen LogP contribution in [0.3, 0.4) is 0 Å². The summed E-state index contributed by atoms with van der Waals surface area (Å²) in [5.41, 5.74) is 0. The lowest BCUT2D eigenvalue weighted by Crippen LogP contribution is -2.21. The van der Waals surface area contributed by atoms with Crippen molar-refractivity contribution in [2.24, 2.45) is 4.99 Å². The summed E-state index contributed by atoms with van der Waals surface area (Å²) in [6.07, 6.45) is 1.78. The standard InChI is InChI=1S/C8H13NO3/c1-3-4-7-9-6(5-12-7)8(10)11-2/h6H,3-5H2,1-2H3/t6-/m0/s1. The van der Waals surface area contributed by atoms with Gasteiger partial charge in [0, 0.05) is 6.42 Å². The van der Waals surface area contributed by atoms with Crippen molar-refractivity contribution in [3.8, 4) is 0 Å². The number of hydrogen-bond donors (Lipinski definition) is 0. The predicted octanol–water partition coefficient (Wildman–Crippen LogP) is 0.757. The maximum atomic E-state index is 11.0. The fraction of sp³-hybridized carbons (Fsp3) is 0.750. The Hall–Kier alpha value is -1.06. The normalized spacial score (nSPS) is 21.5. The lowest BCUT2D eigenvalue weighted by molar-refractivity contribution is -0.142. The van der Waals surface area contributed by atoms with Crippen LogP contribution in [0.4, 0.5) is 0 Å². The van der Waals surface area contributed by atoms with Gasteiger partial charge in [0.05, 0.1) is 7.11 Å².